The number of nitrogens with one attached hydrogen (secondary N) is 2. The molecule has 1 aliphatic carbocycles. The van der Waals surface area contributed by atoms with Gasteiger partial charge in [-0.2, -0.15) is 5.10 Å². The molecule has 1 atom stereocenters. The van der Waals surface area contributed by atoms with Crippen molar-refractivity contribution in [1.29, 1.82) is 0 Å². The zero-order valence-corrected chi connectivity index (χ0v) is 23.8. The van der Waals surface area contributed by atoms with E-state index in [1.807, 2.05) is 0 Å². The first-order valence-corrected chi connectivity index (χ1v) is 14.1. The van der Waals surface area contributed by atoms with Gasteiger partial charge in [-0.15, -0.1) is 11.3 Å². The van der Waals surface area contributed by atoms with Crippen molar-refractivity contribution in [3.8, 4) is 11.5 Å². The van der Waals surface area contributed by atoms with Crippen LogP contribution in [0, 0.1) is 5.92 Å². The largest absolute Gasteiger partial charge is 0.490 e. The number of ether oxygens (including phenoxy) is 3. The molecule has 2 amide bonds. The molecule has 41 heavy (non-hydrogen) atoms. The van der Waals surface area contributed by atoms with Crippen LogP contribution in [-0.4, -0.2) is 43.2 Å². The summed E-state index contributed by atoms with van der Waals surface area (Å²) in [5.41, 5.74) is 4.31. The van der Waals surface area contributed by atoms with Gasteiger partial charge in [-0.25, -0.2) is 15.0 Å². The maximum absolute atomic E-state index is 12.7. The molecule has 0 saturated heterocycles. The van der Waals surface area contributed by atoms with Gasteiger partial charge in [0, 0.05) is 4.88 Å². The highest BCUT2D eigenvalue weighted by Gasteiger charge is 2.30. The van der Waals surface area contributed by atoms with Crippen molar-refractivity contribution in [1.82, 2.24) is 5.43 Å². The number of nitrogens with zero attached hydrogens (tertiary/aromatic N) is 1. The zero-order valence-electron chi connectivity index (χ0n) is 23.0. The van der Waals surface area contributed by atoms with E-state index < -0.39 is 23.8 Å². The van der Waals surface area contributed by atoms with Gasteiger partial charge in [0.25, 0.3) is 0 Å². The normalized spacial score (nSPS) is 14.2. The van der Waals surface area contributed by atoms with Crippen molar-refractivity contribution in [3.63, 3.8) is 0 Å². The third-order valence-corrected chi connectivity index (χ3v) is 7.45. The first kappa shape index (κ1) is 29.5. The highest BCUT2D eigenvalue weighted by molar-refractivity contribution is 7.17. The first-order chi connectivity index (χ1) is 19.8. The van der Waals surface area contributed by atoms with Crippen LogP contribution < -0.4 is 20.2 Å². The van der Waals surface area contributed by atoms with E-state index in [1.165, 1.54) is 17.6 Å². The van der Waals surface area contributed by atoms with Crippen LogP contribution in [0.1, 0.15) is 63.9 Å². The fourth-order valence-electron chi connectivity index (χ4n) is 4.32. The number of benzene rings is 2. The highest BCUT2D eigenvalue weighted by Crippen LogP contribution is 2.40. The number of carbonyl (C=O) groups excluding carboxylic acids is 4. The molecule has 0 spiro atoms. The van der Waals surface area contributed by atoms with Crippen LogP contribution in [0.25, 0.3) is 0 Å². The molecule has 10 nitrogen and oxygen atoms in total. The third-order valence-electron chi connectivity index (χ3n) is 6.28. The molecule has 0 aliphatic heterocycles. The summed E-state index contributed by atoms with van der Waals surface area (Å²) in [6.07, 6.45) is 3.76. The summed E-state index contributed by atoms with van der Waals surface area (Å²) < 4.78 is 16.3. The van der Waals surface area contributed by atoms with Crippen molar-refractivity contribution in [2.45, 2.75) is 40.0 Å². The predicted molar refractivity (Wildman–Crippen MR) is 155 cm³/mol. The predicted octanol–water partition coefficient (Wildman–Crippen LogP) is 4.76. The Labute approximate surface area is 241 Å². The van der Waals surface area contributed by atoms with E-state index in [1.54, 1.807) is 62.4 Å². The first-order valence-electron chi connectivity index (χ1n) is 13.3. The van der Waals surface area contributed by atoms with Crippen LogP contribution in [0.3, 0.4) is 0 Å². The Balaban J connectivity index is 1.42. The van der Waals surface area contributed by atoms with Gasteiger partial charge in [0.2, 0.25) is 0 Å². The topological polar surface area (TPSA) is 132 Å². The van der Waals surface area contributed by atoms with Gasteiger partial charge in [-0.1, -0.05) is 25.1 Å². The Morgan fingerprint density at radius 2 is 1.78 bits per heavy atom. The number of hydrogen-bond acceptors (Lipinski definition) is 9. The number of fused-ring (bicyclic) bond motifs is 1. The number of hydrazone groups is 1. The van der Waals surface area contributed by atoms with Crippen LogP contribution in [0.2, 0.25) is 0 Å². The standard InChI is InChI=1S/C30H31N3O7S/c1-4-38-23-16-19(12-14-22(23)40-29(36)20-9-7-6-8-10-20)17-31-33-27(35)26(34)32-28-25(30(37)39-5-2)21-13-11-18(3)15-24(21)41-28/h6-10,12,14,16-18H,4-5,11,13,15H2,1-3H3,(H,32,34)(H,33,35)/b31-17-/t18-/m0/s1. The molecule has 2 N–H and O–H groups in total. The van der Waals surface area contributed by atoms with Crippen molar-refractivity contribution < 1.29 is 33.4 Å². The summed E-state index contributed by atoms with van der Waals surface area (Å²) in [5, 5.41) is 6.73. The van der Waals surface area contributed by atoms with Crippen molar-refractivity contribution in [3.05, 3.63) is 75.7 Å². The number of amides is 2. The van der Waals surface area contributed by atoms with E-state index in [4.69, 9.17) is 14.2 Å². The van der Waals surface area contributed by atoms with Crippen molar-refractivity contribution in [2.24, 2.45) is 11.0 Å². The summed E-state index contributed by atoms with van der Waals surface area (Å²) in [7, 11) is 0. The van der Waals surface area contributed by atoms with Crippen molar-refractivity contribution in [2.75, 3.05) is 18.5 Å². The van der Waals surface area contributed by atoms with E-state index in [0.29, 0.717) is 46.4 Å². The number of anilines is 1. The lowest BCUT2D eigenvalue weighted by Crippen LogP contribution is -2.32. The van der Waals surface area contributed by atoms with Gasteiger partial charge in [0.05, 0.1) is 30.6 Å². The highest BCUT2D eigenvalue weighted by atomic mass is 32.1. The molecule has 0 saturated carbocycles. The molecule has 0 bridgehead atoms. The summed E-state index contributed by atoms with van der Waals surface area (Å²) in [5.74, 6) is -2.01. The maximum atomic E-state index is 12.7. The number of thiophene rings is 1. The number of rotatable bonds is 9. The Kier molecular flexibility index (Phi) is 9.86. The molecule has 4 rings (SSSR count). The number of hydrogen-bond donors (Lipinski definition) is 2. The van der Waals surface area contributed by atoms with Crippen LogP contribution >= 0.6 is 11.3 Å². The second kappa shape index (κ2) is 13.7. The Morgan fingerprint density at radius 3 is 2.51 bits per heavy atom. The van der Waals surface area contributed by atoms with Gasteiger partial charge in [0.1, 0.15) is 5.00 Å². The second-order valence-corrected chi connectivity index (χ2v) is 10.4. The van der Waals surface area contributed by atoms with Crippen LogP contribution in [0.5, 0.6) is 11.5 Å². The Hall–Kier alpha value is -4.51. The minimum Gasteiger partial charge on any atom is -0.490 e. The van der Waals surface area contributed by atoms with Gasteiger partial charge < -0.3 is 19.5 Å². The molecular formula is C30H31N3O7S. The quantitative estimate of drug-likeness (QED) is 0.123. The molecule has 2 aromatic carbocycles. The molecule has 214 valence electrons. The summed E-state index contributed by atoms with van der Waals surface area (Å²) in [6, 6.07) is 13.3. The average Bonchev–Trinajstić information content (AvgIpc) is 3.31. The summed E-state index contributed by atoms with van der Waals surface area (Å²) >= 11 is 1.30. The molecule has 1 heterocycles. The van der Waals surface area contributed by atoms with E-state index in [-0.39, 0.29) is 12.4 Å². The van der Waals surface area contributed by atoms with E-state index in [9.17, 15) is 19.2 Å². The van der Waals surface area contributed by atoms with Crippen LogP contribution in [0.15, 0.2) is 53.6 Å². The molecule has 11 heteroatoms. The molecule has 1 aliphatic rings. The smallest absolute Gasteiger partial charge is 0.343 e. The minimum absolute atomic E-state index is 0.198. The zero-order chi connectivity index (χ0) is 29.4. The Morgan fingerprint density at radius 1 is 1.00 bits per heavy atom. The van der Waals surface area contributed by atoms with Crippen LogP contribution in [-0.2, 0) is 27.2 Å². The van der Waals surface area contributed by atoms with Crippen LogP contribution in [0.4, 0.5) is 5.00 Å². The molecule has 0 fully saturated rings. The molecule has 0 radical (unpaired) electrons. The number of esters is 2. The lowest BCUT2D eigenvalue weighted by Gasteiger charge is -2.18. The van der Waals surface area contributed by atoms with Gasteiger partial charge >= 0.3 is 23.8 Å². The third kappa shape index (κ3) is 7.37. The Bertz CT molecular complexity index is 1470. The van der Waals surface area contributed by atoms with Gasteiger partial charge in [-0.3, -0.25) is 9.59 Å². The SMILES string of the molecule is CCOC(=O)c1c(NC(=O)C(=O)N/N=C\c2ccc(OC(=O)c3ccccc3)c(OCC)c2)sc2c1CC[C@H](C)C2. The van der Waals surface area contributed by atoms with E-state index >= 15 is 0 Å². The fourth-order valence-corrected chi connectivity index (χ4v) is 5.72. The lowest BCUT2D eigenvalue weighted by molar-refractivity contribution is -0.136. The minimum atomic E-state index is -1.01. The average molecular weight is 578 g/mol. The van der Waals surface area contributed by atoms with Crippen molar-refractivity contribution >= 4 is 46.3 Å². The summed E-state index contributed by atoms with van der Waals surface area (Å²) in [4.78, 5) is 51.3. The number of carbonyl (C=O) groups is 4. The second-order valence-electron chi connectivity index (χ2n) is 9.32. The van der Waals surface area contributed by atoms with E-state index in [2.05, 4.69) is 22.8 Å². The van der Waals surface area contributed by atoms with Gasteiger partial charge in [-0.05, 0) is 80.5 Å². The lowest BCUT2D eigenvalue weighted by atomic mass is 9.88. The fraction of sp³-hybridized carbons (Fsp3) is 0.300. The molecule has 0 unspecified atom stereocenters. The summed E-state index contributed by atoms with van der Waals surface area (Å²) in [6.45, 7) is 6.17. The monoisotopic (exact) mass is 577 g/mol. The molecular weight excluding hydrogens is 546 g/mol. The van der Waals surface area contributed by atoms with E-state index in [0.717, 1.165) is 23.3 Å². The molecule has 1 aromatic heterocycles. The van der Waals surface area contributed by atoms with Gasteiger partial charge in [0.15, 0.2) is 11.5 Å². The molecule has 3 aromatic rings. The maximum Gasteiger partial charge on any atom is 0.343 e.